The molecule has 9 heteroatoms. The van der Waals surface area contributed by atoms with Crippen LogP contribution < -0.4 is 0 Å². The Balaban J connectivity index is 0.000000668. The molecule has 32 heavy (non-hydrogen) atoms. The van der Waals surface area contributed by atoms with E-state index < -0.39 is 10.5 Å². The Kier molecular flexibility index (Phi) is 7.63. The minimum absolute atomic E-state index is 0.0926. The maximum absolute atomic E-state index is 12.1. The zero-order valence-corrected chi connectivity index (χ0v) is 19.2. The van der Waals surface area contributed by atoms with Gasteiger partial charge in [0.2, 0.25) is 0 Å². The highest BCUT2D eigenvalue weighted by molar-refractivity contribution is 7.60. The second-order valence-corrected chi connectivity index (χ2v) is 8.50. The third kappa shape index (κ3) is 6.16. The summed E-state index contributed by atoms with van der Waals surface area (Å²) >= 11 is 0. The van der Waals surface area contributed by atoms with E-state index in [4.69, 9.17) is 27.3 Å². The molecule has 1 fully saturated rings. The van der Waals surface area contributed by atoms with E-state index in [1.807, 2.05) is 19.9 Å². The van der Waals surface area contributed by atoms with E-state index in [9.17, 15) is 4.79 Å². The van der Waals surface area contributed by atoms with Crippen LogP contribution in [-0.2, 0) is 15.2 Å². The van der Waals surface area contributed by atoms with Crippen LogP contribution in [0.4, 0.5) is 4.79 Å². The summed E-state index contributed by atoms with van der Waals surface area (Å²) in [6.07, 6.45) is 1.36. The number of carbonyl (C=O) groups is 1. The molecule has 170 valence electrons. The first-order valence-electron chi connectivity index (χ1n) is 10.5. The highest BCUT2D eigenvalue weighted by atomic mass is 32.2. The lowest BCUT2D eigenvalue weighted by molar-refractivity contribution is 0.0681. The Morgan fingerprint density at radius 2 is 1.72 bits per heavy atom. The van der Waals surface area contributed by atoms with Crippen LogP contribution in [-0.4, -0.2) is 43.6 Å². The number of nitrogens with zero attached hydrogens (tertiary/aromatic N) is 2. The molecule has 0 saturated carbocycles. The molecule has 0 aliphatic carbocycles. The second-order valence-electron chi connectivity index (χ2n) is 8.03. The third-order valence-corrected chi connectivity index (χ3v) is 5.23. The average molecular weight is 458 g/mol. The first kappa shape index (κ1) is 23.5. The van der Waals surface area contributed by atoms with Gasteiger partial charge in [-0.25, -0.2) is 9.78 Å². The normalized spacial score (nSPS) is 14.2. The van der Waals surface area contributed by atoms with E-state index >= 15 is 0 Å². The van der Waals surface area contributed by atoms with E-state index in [1.165, 1.54) is 11.1 Å². The monoisotopic (exact) mass is 457 g/mol. The number of amides is 1. The fourth-order valence-corrected chi connectivity index (χ4v) is 3.63. The molecule has 0 spiro atoms. The zero-order valence-electron chi connectivity index (χ0n) is 18.4. The van der Waals surface area contributed by atoms with Gasteiger partial charge in [-0.1, -0.05) is 35.9 Å². The molecule has 0 atom stereocenters. The Labute approximate surface area is 188 Å². The van der Waals surface area contributed by atoms with E-state index in [0.717, 1.165) is 35.4 Å². The van der Waals surface area contributed by atoms with Gasteiger partial charge in [-0.05, 0) is 56.9 Å². The van der Waals surface area contributed by atoms with Gasteiger partial charge in [0.1, 0.15) is 5.52 Å². The molecule has 2 heterocycles. The van der Waals surface area contributed by atoms with Crippen molar-refractivity contribution in [2.24, 2.45) is 0 Å². The maximum Gasteiger partial charge on any atom is 0.410 e. The summed E-state index contributed by atoms with van der Waals surface area (Å²) in [5, 5.41) is 0. The summed E-state index contributed by atoms with van der Waals surface area (Å²) in [5.74, 6) is 1.01. The van der Waals surface area contributed by atoms with Gasteiger partial charge in [0, 0.05) is 19.0 Å². The number of aromatic nitrogens is 1. The molecule has 1 saturated heterocycles. The number of fused-ring (bicyclic) bond motifs is 1. The number of carbonyl (C=O) groups excluding carboxylic acids is 1. The van der Waals surface area contributed by atoms with E-state index in [2.05, 4.69) is 43.3 Å². The van der Waals surface area contributed by atoms with Crippen molar-refractivity contribution in [3.05, 3.63) is 53.9 Å². The van der Waals surface area contributed by atoms with Crippen LogP contribution in [0.3, 0.4) is 0 Å². The van der Waals surface area contributed by atoms with Crippen LogP contribution in [0.5, 0.6) is 0 Å². The van der Waals surface area contributed by atoms with Crippen molar-refractivity contribution in [3.63, 3.8) is 0 Å². The SMILES string of the molecule is Cc1ccc(-c2ccc3oc(C4CCN(C(=O)OC(C)C)CC4)nc3c2)cc1.N=S(=O)=O. The molecule has 2 aromatic carbocycles. The molecule has 4 rings (SSSR count). The minimum Gasteiger partial charge on any atom is -0.447 e. The number of hydrogen-bond donors (Lipinski definition) is 1. The fourth-order valence-electron chi connectivity index (χ4n) is 3.63. The maximum atomic E-state index is 12.1. The molecule has 1 aliphatic heterocycles. The number of rotatable bonds is 3. The number of piperidine rings is 1. The fraction of sp³-hybridized carbons (Fsp3) is 0.391. The molecule has 1 amide bonds. The van der Waals surface area contributed by atoms with E-state index in [-0.39, 0.29) is 18.1 Å². The first-order valence-corrected chi connectivity index (χ1v) is 11.5. The molecule has 1 aromatic heterocycles. The number of benzene rings is 2. The number of oxazole rings is 1. The van der Waals surface area contributed by atoms with Crippen molar-refractivity contribution in [3.8, 4) is 11.1 Å². The minimum atomic E-state index is -2.61. The summed E-state index contributed by atoms with van der Waals surface area (Å²) in [4.78, 5) is 18.6. The average Bonchev–Trinajstić information content (AvgIpc) is 3.17. The smallest absolute Gasteiger partial charge is 0.410 e. The van der Waals surface area contributed by atoms with E-state index in [1.54, 1.807) is 4.90 Å². The Hall–Kier alpha value is -3.20. The van der Waals surface area contributed by atoms with Crippen molar-refractivity contribution in [2.75, 3.05) is 13.1 Å². The Morgan fingerprint density at radius 3 is 2.31 bits per heavy atom. The molecule has 0 unspecified atom stereocenters. The van der Waals surface area contributed by atoms with Gasteiger partial charge in [0.15, 0.2) is 11.5 Å². The summed E-state index contributed by atoms with van der Waals surface area (Å²) in [5.41, 5.74) is 5.26. The lowest BCUT2D eigenvalue weighted by atomic mass is 9.97. The second kappa shape index (κ2) is 10.4. The van der Waals surface area contributed by atoms with Gasteiger partial charge in [-0.15, -0.1) is 0 Å². The van der Waals surface area contributed by atoms with Crippen LogP contribution in [0.1, 0.15) is 44.1 Å². The molecule has 0 radical (unpaired) electrons. The summed E-state index contributed by atoms with van der Waals surface area (Å²) < 4.78 is 34.2. The van der Waals surface area contributed by atoms with Crippen LogP contribution in [0.15, 0.2) is 46.9 Å². The van der Waals surface area contributed by atoms with Crippen molar-refractivity contribution in [1.82, 2.24) is 9.88 Å². The Bertz CT molecular complexity index is 1170. The van der Waals surface area contributed by atoms with Gasteiger partial charge in [-0.2, -0.15) is 13.2 Å². The predicted octanol–water partition coefficient (Wildman–Crippen LogP) is 5.16. The Morgan fingerprint density at radius 1 is 1.12 bits per heavy atom. The van der Waals surface area contributed by atoms with Crippen LogP contribution >= 0.6 is 0 Å². The van der Waals surface area contributed by atoms with E-state index in [0.29, 0.717) is 13.1 Å². The predicted molar refractivity (Wildman–Crippen MR) is 121 cm³/mol. The van der Waals surface area contributed by atoms with Gasteiger partial charge in [0.25, 0.3) is 0 Å². The number of nitrogens with one attached hydrogen (secondary N) is 1. The zero-order chi connectivity index (χ0) is 23.3. The van der Waals surface area contributed by atoms with Crippen molar-refractivity contribution in [1.29, 1.82) is 4.78 Å². The van der Waals surface area contributed by atoms with Crippen LogP contribution in [0.2, 0.25) is 0 Å². The standard InChI is InChI=1S/C23H26N2O3.HNO2S/c1-15(2)27-23(26)25-12-10-18(11-13-25)22-24-20-14-19(8-9-21(20)28-22)17-6-4-16(3)5-7-17;1-4(2)3/h4-9,14-15,18H,10-13H2,1-3H3;1H. The van der Waals surface area contributed by atoms with Gasteiger partial charge < -0.3 is 14.1 Å². The lowest BCUT2D eigenvalue weighted by Crippen LogP contribution is -2.39. The summed E-state index contributed by atoms with van der Waals surface area (Å²) in [6.45, 7) is 7.17. The van der Waals surface area contributed by atoms with Crippen LogP contribution in [0.25, 0.3) is 22.2 Å². The quantitative estimate of drug-likeness (QED) is 0.581. The van der Waals surface area contributed by atoms with Crippen molar-refractivity contribution >= 4 is 27.7 Å². The first-order chi connectivity index (χ1) is 15.2. The molecular formula is C23H27N3O5S. The van der Waals surface area contributed by atoms with Gasteiger partial charge in [0.05, 0.1) is 6.10 Å². The third-order valence-electron chi connectivity index (χ3n) is 5.23. The molecule has 8 nitrogen and oxygen atoms in total. The molecule has 1 N–H and O–H groups in total. The number of hydrogen-bond acceptors (Lipinski definition) is 7. The van der Waals surface area contributed by atoms with Crippen molar-refractivity contribution < 1.29 is 22.4 Å². The molecule has 3 aromatic rings. The number of ether oxygens (including phenoxy) is 1. The molecular weight excluding hydrogens is 430 g/mol. The summed E-state index contributed by atoms with van der Waals surface area (Å²) in [7, 11) is -2.61. The number of likely N-dealkylation sites (tertiary alicyclic amines) is 1. The summed E-state index contributed by atoms with van der Waals surface area (Å²) in [6, 6.07) is 14.6. The largest absolute Gasteiger partial charge is 0.447 e. The highest BCUT2D eigenvalue weighted by Crippen LogP contribution is 2.32. The highest BCUT2D eigenvalue weighted by Gasteiger charge is 2.28. The topological polar surface area (TPSA) is 114 Å². The molecule has 0 bridgehead atoms. The molecule has 1 aliphatic rings. The van der Waals surface area contributed by atoms with Crippen LogP contribution in [0, 0.1) is 11.7 Å². The van der Waals surface area contributed by atoms with Gasteiger partial charge >= 0.3 is 16.6 Å². The number of aryl methyl sites for hydroxylation is 1. The lowest BCUT2D eigenvalue weighted by Gasteiger charge is -2.30. The van der Waals surface area contributed by atoms with Crippen molar-refractivity contribution in [2.45, 2.75) is 45.6 Å². The van der Waals surface area contributed by atoms with Gasteiger partial charge in [-0.3, -0.25) is 0 Å².